The molecule has 0 aliphatic carbocycles. The van der Waals surface area contributed by atoms with Crippen LogP contribution in [0.2, 0.25) is 0 Å². The van der Waals surface area contributed by atoms with Gasteiger partial charge in [-0.3, -0.25) is 19.8 Å². The van der Waals surface area contributed by atoms with E-state index < -0.39 is 40.3 Å². The van der Waals surface area contributed by atoms with Gasteiger partial charge in [0.1, 0.15) is 0 Å². The highest BCUT2D eigenvalue weighted by molar-refractivity contribution is 5.94. The Hall–Kier alpha value is -4.16. The third-order valence-electron chi connectivity index (χ3n) is 10.2. The summed E-state index contributed by atoms with van der Waals surface area (Å²) < 4.78 is 16.9. The van der Waals surface area contributed by atoms with Gasteiger partial charge in [0.25, 0.3) is 5.69 Å². The predicted octanol–water partition coefficient (Wildman–Crippen LogP) is 4.73. The zero-order valence-corrected chi connectivity index (χ0v) is 28.0. The summed E-state index contributed by atoms with van der Waals surface area (Å²) in [5.74, 6) is -1.21. The van der Waals surface area contributed by atoms with E-state index in [0.717, 1.165) is 43.9 Å². The number of fused-ring (bicyclic) bond motifs is 3. The number of piperidine rings is 1. The Bertz CT molecular complexity index is 1560. The number of carboxylic acids is 1. The van der Waals surface area contributed by atoms with E-state index >= 15 is 0 Å². The van der Waals surface area contributed by atoms with Gasteiger partial charge in [-0.15, -0.1) is 0 Å². The molecule has 0 bridgehead atoms. The van der Waals surface area contributed by atoms with Crippen LogP contribution in [-0.4, -0.2) is 78.9 Å². The van der Waals surface area contributed by atoms with E-state index in [1.165, 1.54) is 29.3 Å². The molecule has 0 radical (unpaired) electrons. The summed E-state index contributed by atoms with van der Waals surface area (Å²) in [5.41, 5.74) is 1.78. The Balaban J connectivity index is 1.44. The standard InChI is InChI=1S/C35H46N4O8/c1-20(2)47-33(40)30-21(3)37-22(4)35(34(41)42,31(30)23-8-7-9-25(18-23)39(43)44)14-15-36-24-12-16-38-17-13-27-26(28(38)19-24)10-11-29(45-5)32(27)46-6/h7-11,18,20,22,24,28,31,36-37H,12-17,19H2,1-6H3,(H,41,42). The first kappa shape index (κ1) is 34.2. The number of nitro benzene ring substituents is 1. The van der Waals surface area contributed by atoms with Gasteiger partial charge in [0, 0.05) is 60.5 Å². The minimum absolute atomic E-state index is 0.131. The summed E-state index contributed by atoms with van der Waals surface area (Å²) in [7, 11) is 3.31. The molecule has 3 N–H and O–H groups in total. The molecule has 254 valence electrons. The smallest absolute Gasteiger partial charge is 0.336 e. The summed E-state index contributed by atoms with van der Waals surface area (Å²) in [6, 6.07) is 9.74. The maximum absolute atomic E-state index is 13.6. The molecule has 0 saturated carbocycles. The molecule has 5 rings (SSSR count). The summed E-state index contributed by atoms with van der Waals surface area (Å²) >= 11 is 0. The largest absolute Gasteiger partial charge is 0.493 e. The van der Waals surface area contributed by atoms with E-state index in [4.69, 9.17) is 14.2 Å². The maximum atomic E-state index is 13.6. The van der Waals surface area contributed by atoms with Gasteiger partial charge in [0.15, 0.2) is 11.5 Å². The molecule has 12 heteroatoms. The first-order valence-electron chi connectivity index (χ1n) is 16.3. The fourth-order valence-electron chi connectivity index (χ4n) is 7.97. The van der Waals surface area contributed by atoms with E-state index in [9.17, 15) is 24.8 Å². The molecule has 2 aromatic carbocycles. The minimum atomic E-state index is -1.52. The van der Waals surface area contributed by atoms with Gasteiger partial charge in [-0.05, 0) is 77.1 Å². The lowest BCUT2D eigenvalue weighted by Gasteiger charge is -2.48. The van der Waals surface area contributed by atoms with Crippen molar-refractivity contribution in [3.63, 3.8) is 0 Å². The number of carbonyl (C=O) groups is 2. The first-order chi connectivity index (χ1) is 22.4. The molecule has 3 heterocycles. The molecule has 47 heavy (non-hydrogen) atoms. The Kier molecular flexibility index (Phi) is 10.1. The number of hydrogen-bond donors (Lipinski definition) is 3. The van der Waals surface area contributed by atoms with Crippen molar-refractivity contribution in [2.24, 2.45) is 5.41 Å². The van der Waals surface area contributed by atoms with Crippen LogP contribution < -0.4 is 20.1 Å². The molecule has 5 unspecified atom stereocenters. The van der Waals surface area contributed by atoms with Gasteiger partial charge >= 0.3 is 11.9 Å². The van der Waals surface area contributed by atoms with E-state index in [0.29, 0.717) is 17.8 Å². The molecule has 3 aliphatic rings. The molecule has 2 aromatic rings. The number of carboxylic acid groups (broad SMARTS) is 1. The average molecular weight is 651 g/mol. The molecule has 0 spiro atoms. The molecule has 5 atom stereocenters. The SMILES string of the molecule is COc1ccc2c(c1OC)CCN1CCC(NCCC3(C(=O)O)C(C)NC(C)=C(C(=O)OC(C)C)C3c3cccc([N+](=O)[O-])c3)CC21. The normalized spacial score (nSPS) is 25.8. The lowest BCUT2D eigenvalue weighted by atomic mass is 9.60. The van der Waals surface area contributed by atoms with Crippen LogP contribution in [0.4, 0.5) is 5.69 Å². The van der Waals surface area contributed by atoms with Crippen LogP contribution in [0.25, 0.3) is 0 Å². The number of methoxy groups -OCH3 is 2. The third kappa shape index (κ3) is 6.40. The number of nitro groups is 1. The third-order valence-corrected chi connectivity index (χ3v) is 10.2. The van der Waals surface area contributed by atoms with Crippen molar-refractivity contribution < 1.29 is 33.8 Å². The van der Waals surface area contributed by atoms with Crippen molar-refractivity contribution in [3.05, 3.63) is 74.5 Å². The van der Waals surface area contributed by atoms with Crippen LogP contribution in [0, 0.1) is 15.5 Å². The van der Waals surface area contributed by atoms with Gasteiger partial charge in [0.2, 0.25) is 0 Å². The summed E-state index contributed by atoms with van der Waals surface area (Å²) in [5, 5.41) is 29.7. The summed E-state index contributed by atoms with van der Waals surface area (Å²) in [6.07, 6.45) is 2.36. The topological polar surface area (TPSA) is 152 Å². The number of esters is 1. The zero-order valence-electron chi connectivity index (χ0n) is 28.0. The Labute approximate surface area is 275 Å². The van der Waals surface area contributed by atoms with Crippen molar-refractivity contribution in [2.75, 3.05) is 33.9 Å². The summed E-state index contributed by atoms with van der Waals surface area (Å²) in [4.78, 5) is 40.8. The highest BCUT2D eigenvalue weighted by Crippen LogP contribution is 2.51. The van der Waals surface area contributed by atoms with Gasteiger partial charge in [-0.2, -0.15) is 0 Å². The van der Waals surface area contributed by atoms with E-state index in [-0.39, 0.29) is 29.8 Å². The van der Waals surface area contributed by atoms with Crippen LogP contribution in [-0.2, 0) is 20.7 Å². The number of non-ortho nitro benzene ring substituents is 1. The lowest BCUT2D eigenvalue weighted by Crippen LogP contribution is -2.58. The quantitative estimate of drug-likeness (QED) is 0.176. The second-order valence-corrected chi connectivity index (χ2v) is 13.1. The van der Waals surface area contributed by atoms with Crippen molar-refractivity contribution in [1.82, 2.24) is 15.5 Å². The first-order valence-corrected chi connectivity index (χ1v) is 16.3. The Morgan fingerprint density at radius 1 is 1.19 bits per heavy atom. The maximum Gasteiger partial charge on any atom is 0.336 e. The van der Waals surface area contributed by atoms with E-state index in [1.54, 1.807) is 48.0 Å². The number of carbonyl (C=O) groups excluding carboxylic acids is 1. The van der Waals surface area contributed by atoms with Gasteiger partial charge < -0.3 is 30.0 Å². The van der Waals surface area contributed by atoms with Gasteiger partial charge in [0.05, 0.1) is 36.2 Å². The van der Waals surface area contributed by atoms with Crippen LogP contribution in [0.15, 0.2) is 47.7 Å². The van der Waals surface area contributed by atoms with Crippen LogP contribution in [0.3, 0.4) is 0 Å². The number of benzene rings is 2. The number of hydrogen-bond acceptors (Lipinski definition) is 10. The van der Waals surface area contributed by atoms with Crippen molar-refractivity contribution in [1.29, 1.82) is 0 Å². The minimum Gasteiger partial charge on any atom is -0.493 e. The lowest BCUT2D eigenvalue weighted by molar-refractivity contribution is -0.384. The number of aliphatic carboxylic acids is 1. The van der Waals surface area contributed by atoms with Crippen molar-refractivity contribution >= 4 is 17.6 Å². The molecule has 1 fully saturated rings. The number of ether oxygens (including phenoxy) is 3. The van der Waals surface area contributed by atoms with Crippen molar-refractivity contribution in [3.8, 4) is 11.5 Å². The van der Waals surface area contributed by atoms with Crippen LogP contribution in [0.5, 0.6) is 11.5 Å². The van der Waals surface area contributed by atoms with Crippen molar-refractivity contribution in [2.45, 2.75) is 83.5 Å². The zero-order chi connectivity index (χ0) is 34.0. The van der Waals surface area contributed by atoms with Gasteiger partial charge in [-0.25, -0.2) is 4.79 Å². The second-order valence-electron chi connectivity index (χ2n) is 13.1. The average Bonchev–Trinajstić information content (AvgIpc) is 3.04. The predicted molar refractivity (Wildman–Crippen MR) is 176 cm³/mol. The monoisotopic (exact) mass is 650 g/mol. The molecule has 1 saturated heterocycles. The number of nitrogens with one attached hydrogen (secondary N) is 2. The van der Waals surface area contributed by atoms with Gasteiger partial charge in [-0.1, -0.05) is 18.2 Å². The molecule has 0 aromatic heterocycles. The molecule has 0 amide bonds. The Morgan fingerprint density at radius 2 is 1.96 bits per heavy atom. The fraction of sp³-hybridized carbons (Fsp3) is 0.543. The highest BCUT2D eigenvalue weighted by Gasteiger charge is 2.56. The van der Waals surface area contributed by atoms with E-state index in [1.807, 2.05) is 6.07 Å². The van der Waals surface area contributed by atoms with Crippen LogP contribution in [0.1, 0.15) is 75.6 Å². The molecular weight excluding hydrogens is 604 g/mol. The molecule has 12 nitrogen and oxygen atoms in total. The number of allylic oxidation sites excluding steroid dienone is 1. The molecular formula is C35H46N4O8. The number of rotatable bonds is 11. The second kappa shape index (κ2) is 13.9. The fourth-order valence-corrected chi connectivity index (χ4v) is 7.97. The highest BCUT2D eigenvalue weighted by atomic mass is 16.6. The Morgan fingerprint density at radius 3 is 2.62 bits per heavy atom. The number of nitrogens with zero attached hydrogens (tertiary/aromatic N) is 2. The van der Waals surface area contributed by atoms with E-state index in [2.05, 4.69) is 21.6 Å². The molecule has 3 aliphatic heterocycles. The summed E-state index contributed by atoms with van der Waals surface area (Å²) in [6.45, 7) is 9.17. The van der Waals surface area contributed by atoms with Crippen LogP contribution >= 0.6 is 0 Å².